The van der Waals surface area contributed by atoms with Crippen LogP contribution >= 0.6 is 0 Å². The van der Waals surface area contributed by atoms with Crippen molar-refractivity contribution in [1.82, 2.24) is 0 Å². The third-order valence-corrected chi connectivity index (χ3v) is 3.31. The normalized spacial score (nSPS) is 32.6. The highest BCUT2D eigenvalue weighted by Crippen LogP contribution is 2.35. The molecule has 0 radical (unpaired) electrons. The highest BCUT2D eigenvalue weighted by molar-refractivity contribution is 5.77. The second-order valence-electron chi connectivity index (χ2n) is 4.36. The number of rotatable bonds is 3. The Labute approximate surface area is 84.8 Å². The van der Waals surface area contributed by atoms with Crippen LogP contribution in [0, 0.1) is 5.92 Å². The molecule has 0 aromatic carbocycles. The molecule has 3 heteroatoms. The maximum Gasteiger partial charge on any atom is 0.337 e. The largest absolute Gasteiger partial charge is 0.467 e. The van der Waals surface area contributed by atoms with Crippen LogP contribution in [0.2, 0.25) is 0 Å². The van der Waals surface area contributed by atoms with E-state index in [1.54, 1.807) is 0 Å². The molecule has 80 valence electrons. The van der Waals surface area contributed by atoms with Crippen molar-refractivity contribution in [3.8, 4) is 0 Å². The molecule has 1 saturated carbocycles. The molecule has 0 bridgehead atoms. The van der Waals surface area contributed by atoms with E-state index in [2.05, 4.69) is 4.74 Å². The van der Waals surface area contributed by atoms with Crippen LogP contribution < -0.4 is 0 Å². The van der Waals surface area contributed by atoms with Gasteiger partial charge in [0.05, 0.1) is 13.2 Å². The lowest BCUT2D eigenvalue weighted by Crippen LogP contribution is -2.15. The zero-order chi connectivity index (χ0) is 9.97. The SMILES string of the molecule is COC(=O)C1OC1CC1CCCCC1. The Morgan fingerprint density at radius 3 is 2.71 bits per heavy atom. The molecule has 2 atom stereocenters. The average Bonchev–Trinajstić information content (AvgIpc) is 2.98. The number of methoxy groups -OCH3 is 1. The summed E-state index contributed by atoms with van der Waals surface area (Å²) in [7, 11) is 1.42. The minimum Gasteiger partial charge on any atom is -0.467 e. The van der Waals surface area contributed by atoms with Crippen molar-refractivity contribution in [2.45, 2.75) is 50.7 Å². The summed E-state index contributed by atoms with van der Waals surface area (Å²) in [5.41, 5.74) is 0. The molecule has 0 aromatic rings. The first-order chi connectivity index (χ1) is 6.81. The number of ether oxygens (including phenoxy) is 2. The van der Waals surface area contributed by atoms with Gasteiger partial charge in [0.2, 0.25) is 0 Å². The standard InChI is InChI=1S/C11H18O3/c1-13-11(12)10-9(14-10)7-8-5-3-2-4-6-8/h8-10H,2-7H2,1H3. The van der Waals surface area contributed by atoms with Gasteiger partial charge in [-0.05, 0) is 12.3 Å². The lowest BCUT2D eigenvalue weighted by Gasteiger charge is -2.20. The molecular weight excluding hydrogens is 180 g/mol. The topological polar surface area (TPSA) is 38.8 Å². The van der Waals surface area contributed by atoms with Crippen LogP contribution in [0.15, 0.2) is 0 Å². The van der Waals surface area contributed by atoms with Gasteiger partial charge >= 0.3 is 5.97 Å². The Balaban J connectivity index is 1.70. The molecule has 1 aliphatic carbocycles. The maximum atomic E-state index is 11.1. The van der Waals surface area contributed by atoms with Gasteiger partial charge in [-0.2, -0.15) is 0 Å². The summed E-state index contributed by atoms with van der Waals surface area (Å²) in [5.74, 6) is 0.578. The van der Waals surface area contributed by atoms with Crippen LogP contribution in [0.1, 0.15) is 38.5 Å². The fraction of sp³-hybridized carbons (Fsp3) is 0.909. The molecule has 3 nitrogen and oxygen atoms in total. The molecule has 2 fully saturated rings. The summed E-state index contributed by atoms with van der Waals surface area (Å²) in [6.07, 6.45) is 7.66. The molecule has 0 N–H and O–H groups in total. The van der Waals surface area contributed by atoms with E-state index < -0.39 is 0 Å². The fourth-order valence-corrected chi connectivity index (χ4v) is 2.40. The van der Waals surface area contributed by atoms with Crippen molar-refractivity contribution in [2.24, 2.45) is 5.92 Å². The molecule has 1 aliphatic heterocycles. The minimum atomic E-state index is -0.248. The van der Waals surface area contributed by atoms with Gasteiger partial charge < -0.3 is 9.47 Å². The molecule has 2 unspecified atom stereocenters. The molecule has 2 aliphatic rings. The predicted octanol–water partition coefficient (Wildman–Crippen LogP) is 1.90. The molecule has 0 amide bonds. The van der Waals surface area contributed by atoms with E-state index in [9.17, 15) is 4.79 Å². The minimum absolute atomic E-state index is 0.158. The highest BCUT2D eigenvalue weighted by atomic mass is 16.6. The molecule has 1 heterocycles. The van der Waals surface area contributed by atoms with Gasteiger partial charge in [0, 0.05) is 0 Å². The van der Waals surface area contributed by atoms with E-state index in [0.717, 1.165) is 12.3 Å². The second kappa shape index (κ2) is 4.30. The van der Waals surface area contributed by atoms with Crippen LogP contribution in [0.25, 0.3) is 0 Å². The Morgan fingerprint density at radius 1 is 1.36 bits per heavy atom. The van der Waals surface area contributed by atoms with E-state index in [1.807, 2.05) is 0 Å². The van der Waals surface area contributed by atoms with Gasteiger partial charge in [-0.25, -0.2) is 4.79 Å². The lowest BCUT2D eigenvalue weighted by atomic mass is 9.86. The second-order valence-corrected chi connectivity index (χ2v) is 4.36. The van der Waals surface area contributed by atoms with Crippen LogP contribution in [0.4, 0.5) is 0 Å². The van der Waals surface area contributed by atoms with E-state index in [4.69, 9.17) is 4.74 Å². The van der Waals surface area contributed by atoms with Crippen molar-refractivity contribution < 1.29 is 14.3 Å². The molecule has 14 heavy (non-hydrogen) atoms. The van der Waals surface area contributed by atoms with Crippen LogP contribution in [0.3, 0.4) is 0 Å². The zero-order valence-electron chi connectivity index (χ0n) is 8.70. The third kappa shape index (κ3) is 2.27. The highest BCUT2D eigenvalue weighted by Gasteiger charge is 2.46. The molecule has 1 saturated heterocycles. The number of hydrogen-bond acceptors (Lipinski definition) is 3. The smallest absolute Gasteiger partial charge is 0.337 e. The maximum absolute atomic E-state index is 11.1. The number of carbonyl (C=O) groups is 1. The number of epoxide rings is 1. The Hall–Kier alpha value is -0.570. The van der Waals surface area contributed by atoms with E-state index >= 15 is 0 Å². The number of esters is 1. The Bertz CT molecular complexity index is 209. The number of carbonyl (C=O) groups excluding carboxylic acids is 1. The number of hydrogen-bond donors (Lipinski definition) is 0. The summed E-state index contributed by atoms with van der Waals surface area (Å²) in [4.78, 5) is 11.1. The summed E-state index contributed by atoms with van der Waals surface area (Å²) in [6.45, 7) is 0. The quantitative estimate of drug-likeness (QED) is 0.513. The van der Waals surface area contributed by atoms with E-state index in [1.165, 1.54) is 39.2 Å². The monoisotopic (exact) mass is 198 g/mol. The lowest BCUT2D eigenvalue weighted by molar-refractivity contribution is -0.142. The van der Waals surface area contributed by atoms with Crippen LogP contribution in [-0.2, 0) is 14.3 Å². The summed E-state index contributed by atoms with van der Waals surface area (Å²) in [5, 5.41) is 0. The van der Waals surface area contributed by atoms with Gasteiger partial charge in [0.1, 0.15) is 0 Å². The molecule has 0 aromatic heterocycles. The van der Waals surface area contributed by atoms with Crippen molar-refractivity contribution in [1.29, 1.82) is 0 Å². The first-order valence-corrected chi connectivity index (χ1v) is 5.54. The van der Waals surface area contributed by atoms with Crippen molar-refractivity contribution in [2.75, 3.05) is 7.11 Å². The van der Waals surface area contributed by atoms with Gasteiger partial charge in [-0.15, -0.1) is 0 Å². The van der Waals surface area contributed by atoms with Crippen molar-refractivity contribution in [3.05, 3.63) is 0 Å². The van der Waals surface area contributed by atoms with Gasteiger partial charge in [0.25, 0.3) is 0 Å². The molecule has 0 spiro atoms. The van der Waals surface area contributed by atoms with Gasteiger partial charge in [-0.3, -0.25) is 0 Å². The van der Waals surface area contributed by atoms with Crippen molar-refractivity contribution in [3.63, 3.8) is 0 Å². The van der Waals surface area contributed by atoms with Crippen LogP contribution in [0.5, 0.6) is 0 Å². The Kier molecular flexibility index (Phi) is 3.06. The third-order valence-electron chi connectivity index (χ3n) is 3.31. The molecular formula is C11H18O3. The van der Waals surface area contributed by atoms with Crippen molar-refractivity contribution >= 4 is 5.97 Å². The Morgan fingerprint density at radius 2 is 2.07 bits per heavy atom. The molecule has 2 rings (SSSR count). The first-order valence-electron chi connectivity index (χ1n) is 5.54. The summed E-state index contributed by atoms with van der Waals surface area (Å²) < 4.78 is 9.93. The van der Waals surface area contributed by atoms with Gasteiger partial charge in [-0.1, -0.05) is 32.1 Å². The van der Waals surface area contributed by atoms with E-state index in [-0.39, 0.29) is 18.2 Å². The summed E-state index contributed by atoms with van der Waals surface area (Å²) in [6, 6.07) is 0. The summed E-state index contributed by atoms with van der Waals surface area (Å²) >= 11 is 0. The van der Waals surface area contributed by atoms with E-state index in [0.29, 0.717) is 0 Å². The fourth-order valence-electron chi connectivity index (χ4n) is 2.40. The van der Waals surface area contributed by atoms with Crippen LogP contribution in [-0.4, -0.2) is 25.3 Å². The zero-order valence-corrected chi connectivity index (χ0v) is 8.70. The first kappa shape index (κ1) is 9.97. The average molecular weight is 198 g/mol. The van der Waals surface area contributed by atoms with Gasteiger partial charge in [0.15, 0.2) is 6.10 Å². The predicted molar refractivity (Wildman–Crippen MR) is 51.9 cm³/mol.